The van der Waals surface area contributed by atoms with Gasteiger partial charge in [0.2, 0.25) is 0 Å². The fourth-order valence-electron chi connectivity index (χ4n) is 3.31. The molecular formula is C21H23F3N2O3. The minimum absolute atomic E-state index is 0.0273. The van der Waals surface area contributed by atoms with Crippen molar-refractivity contribution in [2.24, 2.45) is 0 Å². The molecular weight excluding hydrogens is 385 g/mol. The highest BCUT2D eigenvalue weighted by molar-refractivity contribution is 5.78. The second-order valence-corrected chi connectivity index (χ2v) is 7.03. The van der Waals surface area contributed by atoms with Crippen LogP contribution in [0.25, 0.3) is 0 Å². The molecule has 5 nitrogen and oxygen atoms in total. The summed E-state index contributed by atoms with van der Waals surface area (Å²) in [7, 11) is 1.82. The minimum atomic E-state index is -4.36. The summed E-state index contributed by atoms with van der Waals surface area (Å²) < 4.78 is 43.7. The monoisotopic (exact) mass is 408 g/mol. The molecule has 1 heterocycles. The zero-order valence-electron chi connectivity index (χ0n) is 16.0. The minimum Gasteiger partial charge on any atom is -0.484 e. The van der Waals surface area contributed by atoms with Gasteiger partial charge in [-0.1, -0.05) is 12.1 Å². The van der Waals surface area contributed by atoms with Gasteiger partial charge in [0, 0.05) is 31.9 Å². The Morgan fingerprint density at radius 2 is 1.83 bits per heavy atom. The molecule has 0 bridgehead atoms. The number of hydrogen-bond acceptors (Lipinski definition) is 4. The number of hydrogen-bond donors (Lipinski definition) is 1. The highest BCUT2D eigenvalue weighted by atomic mass is 19.4. The van der Waals surface area contributed by atoms with Gasteiger partial charge in [-0.15, -0.1) is 0 Å². The number of amides is 1. The molecule has 2 aromatic carbocycles. The standard InChI is InChI=1S/C21H23F3N2O3/c1-25(17-6-4-16(5-7-17)21(22,23)24)18-10-11-26(12-18)20(28)14-29-19-8-2-15(13-27)3-9-19/h2-9,18,27H,10-14H2,1H3. The maximum atomic E-state index is 12.7. The van der Waals surface area contributed by atoms with Gasteiger partial charge in [-0.2, -0.15) is 13.2 Å². The Morgan fingerprint density at radius 1 is 1.17 bits per heavy atom. The fourth-order valence-corrected chi connectivity index (χ4v) is 3.31. The third-order valence-electron chi connectivity index (χ3n) is 5.13. The van der Waals surface area contributed by atoms with Crippen molar-refractivity contribution in [3.8, 4) is 5.75 Å². The van der Waals surface area contributed by atoms with Crippen LogP contribution in [0.2, 0.25) is 0 Å². The van der Waals surface area contributed by atoms with Gasteiger partial charge in [0.05, 0.1) is 12.2 Å². The maximum Gasteiger partial charge on any atom is 0.416 e. The van der Waals surface area contributed by atoms with Gasteiger partial charge < -0.3 is 19.6 Å². The third kappa shape index (κ3) is 5.20. The van der Waals surface area contributed by atoms with Gasteiger partial charge in [0.25, 0.3) is 5.91 Å². The van der Waals surface area contributed by atoms with E-state index in [1.54, 1.807) is 29.2 Å². The van der Waals surface area contributed by atoms with Crippen molar-refractivity contribution in [3.05, 3.63) is 59.7 Å². The van der Waals surface area contributed by atoms with Crippen molar-refractivity contribution in [1.29, 1.82) is 0 Å². The zero-order chi connectivity index (χ0) is 21.0. The van der Waals surface area contributed by atoms with Crippen LogP contribution < -0.4 is 9.64 Å². The SMILES string of the molecule is CN(c1ccc(C(F)(F)F)cc1)C1CCN(C(=O)COc2ccc(CO)cc2)C1. The van der Waals surface area contributed by atoms with E-state index >= 15 is 0 Å². The number of likely N-dealkylation sites (N-methyl/N-ethyl adjacent to an activating group) is 1. The first-order chi connectivity index (χ1) is 13.8. The van der Waals surface area contributed by atoms with Crippen LogP contribution in [-0.4, -0.2) is 48.7 Å². The van der Waals surface area contributed by atoms with Crippen LogP contribution in [0.15, 0.2) is 48.5 Å². The first kappa shape index (κ1) is 21.0. The quantitative estimate of drug-likeness (QED) is 0.797. The second-order valence-electron chi connectivity index (χ2n) is 7.03. The van der Waals surface area contributed by atoms with Crippen molar-refractivity contribution in [3.63, 3.8) is 0 Å². The molecule has 0 spiro atoms. The highest BCUT2D eigenvalue weighted by Gasteiger charge is 2.32. The lowest BCUT2D eigenvalue weighted by Crippen LogP contribution is -2.38. The van der Waals surface area contributed by atoms with E-state index in [2.05, 4.69) is 0 Å². The van der Waals surface area contributed by atoms with Gasteiger partial charge in [-0.25, -0.2) is 0 Å². The fraction of sp³-hybridized carbons (Fsp3) is 0.381. The average Bonchev–Trinajstić information content (AvgIpc) is 3.21. The number of alkyl halides is 3. The summed E-state index contributed by atoms with van der Waals surface area (Å²) in [5.41, 5.74) is 0.761. The molecule has 156 valence electrons. The molecule has 0 radical (unpaired) electrons. The number of anilines is 1. The van der Waals surface area contributed by atoms with E-state index in [-0.39, 0.29) is 25.2 Å². The largest absolute Gasteiger partial charge is 0.484 e. The number of carbonyl (C=O) groups excluding carboxylic acids is 1. The smallest absolute Gasteiger partial charge is 0.416 e. The van der Waals surface area contributed by atoms with Crippen molar-refractivity contribution < 1.29 is 27.8 Å². The summed E-state index contributed by atoms with van der Waals surface area (Å²) in [6.07, 6.45) is -3.62. The van der Waals surface area contributed by atoms with Crippen molar-refractivity contribution >= 4 is 11.6 Å². The van der Waals surface area contributed by atoms with Gasteiger partial charge >= 0.3 is 6.18 Å². The van der Waals surface area contributed by atoms with Crippen LogP contribution >= 0.6 is 0 Å². The van der Waals surface area contributed by atoms with Gasteiger partial charge in [0.1, 0.15) is 5.75 Å². The molecule has 29 heavy (non-hydrogen) atoms. The Hall–Kier alpha value is -2.74. The summed E-state index contributed by atoms with van der Waals surface area (Å²) in [5.74, 6) is 0.410. The molecule has 3 rings (SSSR count). The van der Waals surface area contributed by atoms with E-state index in [0.717, 1.165) is 24.1 Å². The summed E-state index contributed by atoms with van der Waals surface area (Å²) in [5, 5.41) is 9.04. The molecule has 8 heteroatoms. The molecule has 0 aromatic heterocycles. The van der Waals surface area contributed by atoms with Crippen molar-refractivity contribution in [2.75, 3.05) is 31.6 Å². The normalized spacial score (nSPS) is 16.7. The Kier molecular flexibility index (Phi) is 6.32. The van der Waals surface area contributed by atoms with Crippen LogP contribution in [-0.2, 0) is 17.6 Å². The molecule has 1 aliphatic heterocycles. The van der Waals surface area contributed by atoms with E-state index in [9.17, 15) is 18.0 Å². The summed E-state index contributed by atoms with van der Waals surface area (Å²) >= 11 is 0. The lowest BCUT2D eigenvalue weighted by atomic mass is 10.1. The number of ether oxygens (including phenoxy) is 1. The number of aliphatic hydroxyl groups excluding tert-OH is 1. The van der Waals surface area contributed by atoms with E-state index in [4.69, 9.17) is 9.84 Å². The third-order valence-corrected chi connectivity index (χ3v) is 5.13. The highest BCUT2D eigenvalue weighted by Crippen LogP contribution is 2.31. The molecule has 1 amide bonds. The van der Waals surface area contributed by atoms with Crippen LogP contribution in [0.3, 0.4) is 0 Å². The summed E-state index contributed by atoms with van der Waals surface area (Å²) in [4.78, 5) is 16.0. The molecule has 0 aliphatic carbocycles. The van der Waals surface area contributed by atoms with E-state index in [1.165, 1.54) is 12.1 Å². The molecule has 1 N–H and O–H groups in total. The molecule has 1 unspecified atom stereocenters. The van der Waals surface area contributed by atoms with Crippen LogP contribution in [0.1, 0.15) is 17.5 Å². The van der Waals surface area contributed by atoms with E-state index in [0.29, 0.717) is 24.5 Å². The Labute approximate surface area is 167 Å². The number of rotatable bonds is 6. The number of benzene rings is 2. The summed E-state index contributed by atoms with van der Waals surface area (Å²) in [6, 6.07) is 11.9. The first-order valence-corrected chi connectivity index (χ1v) is 9.28. The number of likely N-dealkylation sites (tertiary alicyclic amines) is 1. The topological polar surface area (TPSA) is 53.0 Å². The van der Waals surface area contributed by atoms with Gasteiger partial charge in [-0.3, -0.25) is 4.79 Å². The number of nitrogens with zero attached hydrogens (tertiary/aromatic N) is 2. The molecule has 1 atom stereocenters. The Morgan fingerprint density at radius 3 is 2.41 bits per heavy atom. The average molecular weight is 408 g/mol. The van der Waals surface area contributed by atoms with Crippen LogP contribution in [0.4, 0.5) is 18.9 Å². The van der Waals surface area contributed by atoms with Crippen LogP contribution in [0.5, 0.6) is 5.75 Å². The predicted octanol–water partition coefficient (Wildman–Crippen LogP) is 3.31. The molecule has 0 saturated carbocycles. The molecule has 1 fully saturated rings. The van der Waals surface area contributed by atoms with Crippen LogP contribution in [0, 0.1) is 0 Å². The Bertz CT molecular complexity index is 823. The summed E-state index contributed by atoms with van der Waals surface area (Å²) in [6.45, 7) is 0.917. The molecule has 2 aromatic rings. The predicted molar refractivity (Wildman–Crippen MR) is 103 cm³/mol. The Balaban J connectivity index is 1.52. The number of halogens is 3. The number of aliphatic hydroxyl groups is 1. The number of carbonyl (C=O) groups is 1. The van der Waals surface area contributed by atoms with Gasteiger partial charge in [-0.05, 0) is 48.4 Å². The maximum absolute atomic E-state index is 12.7. The zero-order valence-corrected chi connectivity index (χ0v) is 16.0. The van der Waals surface area contributed by atoms with Crippen molar-refractivity contribution in [1.82, 2.24) is 4.90 Å². The lowest BCUT2D eigenvalue weighted by Gasteiger charge is -2.27. The van der Waals surface area contributed by atoms with E-state index in [1.807, 2.05) is 11.9 Å². The molecule has 1 aliphatic rings. The van der Waals surface area contributed by atoms with E-state index < -0.39 is 11.7 Å². The molecule has 1 saturated heterocycles. The van der Waals surface area contributed by atoms with Gasteiger partial charge in [0.15, 0.2) is 6.61 Å². The second kappa shape index (κ2) is 8.73. The first-order valence-electron chi connectivity index (χ1n) is 9.28. The van der Waals surface area contributed by atoms with Crippen molar-refractivity contribution in [2.45, 2.75) is 25.2 Å². The lowest BCUT2D eigenvalue weighted by molar-refractivity contribution is -0.137.